The Balaban J connectivity index is 1.51. The Morgan fingerprint density at radius 2 is 1.65 bits per heavy atom. The summed E-state index contributed by atoms with van der Waals surface area (Å²) in [7, 11) is 0. The van der Waals surface area contributed by atoms with Crippen LogP contribution in [0.25, 0.3) is 0 Å². The lowest BCUT2D eigenvalue weighted by molar-refractivity contribution is 0.0355. The van der Waals surface area contributed by atoms with Crippen LogP contribution in [0.5, 0.6) is 0 Å². The van der Waals surface area contributed by atoms with Gasteiger partial charge in [0.25, 0.3) is 0 Å². The van der Waals surface area contributed by atoms with Crippen LogP contribution in [0.15, 0.2) is 0 Å². The summed E-state index contributed by atoms with van der Waals surface area (Å²) in [5, 5.41) is 0. The van der Waals surface area contributed by atoms with Crippen LogP contribution in [0.4, 0.5) is 0 Å². The van der Waals surface area contributed by atoms with Crippen molar-refractivity contribution in [2.24, 2.45) is 23.5 Å². The van der Waals surface area contributed by atoms with Crippen LogP contribution in [-0.4, -0.2) is 55.1 Å². The maximum Gasteiger partial charge on any atom is 0.0139 e. The highest BCUT2D eigenvalue weighted by Crippen LogP contribution is 2.34. The first kappa shape index (κ1) is 14.8. The van der Waals surface area contributed by atoms with Crippen LogP contribution in [0.3, 0.4) is 0 Å². The van der Waals surface area contributed by atoms with Crippen molar-refractivity contribution in [1.29, 1.82) is 0 Å². The molecule has 0 aromatic heterocycles. The van der Waals surface area contributed by atoms with Gasteiger partial charge >= 0.3 is 0 Å². The van der Waals surface area contributed by atoms with Gasteiger partial charge in [0, 0.05) is 38.8 Å². The summed E-state index contributed by atoms with van der Waals surface area (Å²) in [6.07, 6.45) is 8.50. The average Bonchev–Trinajstić information content (AvgIpc) is 3.31. The van der Waals surface area contributed by atoms with Crippen molar-refractivity contribution in [3.63, 3.8) is 0 Å². The second kappa shape index (κ2) is 6.76. The maximum atomic E-state index is 6.05. The summed E-state index contributed by atoms with van der Waals surface area (Å²) in [5.74, 6) is 2.75. The van der Waals surface area contributed by atoms with Gasteiger partial charge in [-0.25, -0.2) is 0 Å². The molecule has 0 spiro atoms. The van der Waals surface area contributed by atoms with Gasteiger partial charge in [0.2, 0.25) is 0 Å². The molecule has 3 fully saturated rings. The lowest BCUT2D eigenvalue weighted by Crippen LogP contribution is -2.55. The fraction of sp³-hybridized carbons (Fsp3) is 1.00. The Hall–Kier alpha value is -0.120. The summed E-state index contributed by atoms with van der Waals surface area (Å²) in [5.41, 5.74) is 6.05. The van der Waals surface area contributed by atoms with E-state index < -0.39 is 0 Å². The molecule has 116 valence electrons. The molecule has 2 saturated carbocycles. The lowest BCUT2D eigenvalue weighted by Gasteiger charge is -2.46. The number of hydrogen-bond donors (Lipinski definition) is 1. The topological polar surface area (TPSA) is 32.5 Å². The molecule has 3 nitrogen and oxygen atoms in total. The average molecular weight is 279 g/mol. The molecule has 1 heterocycles. The van der Waals surface area contributed by atoms with E-state index in [1.165, 1.54) is 71.2 Å². The molecular formula is C17H33N3. The maximum absolute atomic E-state index is 6.05. The van der Waals surface area contributed by atoms with Gasteiger partial charge in [-0.3, -0.25) is 4.90 Å². The van der Waals surface area contributed by atoms with Crippen molar-refractivity contribution in [3.8, 4) is 0 Å². The molecular weight excluding hydrogens is 246 g/mol. The standard InChI is InChI=1S/C17H33N3/c1-2-14-5-6-16(12-18)17(11-14)20-9-7-19(8-10-20)13-15-3-4-15/h14-17H,2-13,18H2,1H3. The van der Waals surface area contributed by atoms with Gasteiger partial charge in [-0.1, -0.05) is 19.8 Å². The van der Waals surface area contributed by atoms with E-state index in [0.717, 1.165) is 30.3 Å². The number of rotatable bonds is 5. The SMILES string of the molecule is CCC1CCC(CN)C(N2CCN(CC3CC3)CC2)C1. The van der Waals surface area contributed by atoms with Gasteiger partial charge < -0.3 is 10.6 Å². The molecule has 0 aromatic rings. The fourth-order valence-corrected chi connectivity index (χ4v) is 4.33. The van der Waals surface area contributed by atoms with Crippen LogP contribution < -0.4 is 5.73 Å². The zero-order valence-electron chi connectivity index (χ0n) is 13.3. The minimum Gasteiger partial charge on any atom is -0.330 e. The van der Waals surface area contributed by atoms with Crippen molar-refractivity contribution < 1.29 is 0 Å². The number of hydrogen-bond acceptors (Lipinski definition) is 3. The molecule has 0 radical (unpaired) electrons. The van der Waals surface area contributed by atoms with Gasteiger partial charge in [-0.05, 0) is 50.0 Å². The zero-order valence-corrected chi connectivity index (χ0v) is 13.3. The molecule has 1 saturated heterocycles. The first-order valence-electron chi connectivity index (χ1n) is 8.96. The van der Waals surface area contributed by atoms with E-state index >= 15 is 0 Å². The van der Waals surface area contributed by atoms with E-state index in [1.54, 1.807) is 0 Å². The van der Waals surface area contributed by atoms with Crippen LogP contribution >= 0.6 is 0 Å². The summed E-state index contributed by atoms with van der Waals surface area (Å²) < 4.78 is 0. The van der Waals surface area contributed by atoms with E-state index in [0.29, 0.717) is 0 Å². The summed E-state index contributed by atoms with van der Waals surface area (Å²) >= 11 is 0. The molecule has 3 heteroatoms. The molecule has 1 aliphatic heterocycles. The van der Waals surface area contributed by atoms with E-state index in [1.807, 2.05) is 0 Å². The first-order chi connectivity index (χ1) is 9.80. The Labute approximate surface area is 124 Å². The molecule has 3 atom stereocenters. The highest BCUT2D eigenvalue weighted by Gasteiger charge is 2.35. The van der Waals surface area contributed by atoms with Crippen molar-refractivity contribution in [3.05, 3.63) is 0 Å². The minimum atomic E-state index is 0.757. The highest BCUT2D eigenvalue weighted by atomic mass is 15.3. The third kappa shape index (κ3) is 3.55. The predicted octanol–water partition coefficient (Wildman–Crippen LogP) is 2.17. The number of nitrogens with zero attached hydrogens (tertiary/aromatic N) is 2. The summed E-state index contributed by atoms with van der Waals surface area (Å²) in [4.78, 5) is 5.48. The van der Waals surface area contributed by atoms with Crippen LogP contribution in [0.2, 0.25) is 0 Å². The second-order valence-corrected chi connectivity index (χ2v) is 7.43. The first-order valence-corrected chi connectivity index (χ1v) is 8.96. The van der Waals surface area contributed by atoms with Crippen molar-refractivity contribution in [2.45, 2.75) is 51.5 Å². The number of piperazine rings is 1. The largest absolute Gasteiger partial charge is 0.330 e. The Morgan fingerprint density at radius 1 is 0.950 bits per heavy atom. The highest BCUT2D eigenvalue weighted by molar-refractivity contribution is 4.90. The third-order valence-electron chi connectivity index (χ3n) is 6.03. The molecule has 2 N–H and O–H groups in total. The lowest BCUT2D eigenvalue weighted by atomic mass is 9.76. The molecule has 0 aromatic carbocycles. The third-order valence-corrected chi connectivity index (χ3v) is 6.03. The molecule has 3 rings (SSSR count). The predicted molar refractivity (Wildman–Crippen MR) is 84.7 cm³/mol. The normalized spacial score (nSPS) is 37.2. The van der Waals surface area contributed by atoms with E-state index in [9.17, 15) is 0 Å². The molecule has 20 heavy (non-hydrogen) atoms. The monoisotopic (exact) mass is 279 g/mol. The molecule has 0 bridgehead atoms. The van der Waals surface area contributed by atoms with Crippen LogP contribution in [-0.2, 0) is 0 Å². The van der Waals surface area contributed by atoms with Gasteiger partial charge in [0.1, 0.15) is 0 Å². The zero-order chi connectivity index (χ0) is 13.9. The fourth-order valence-electron chi connectivity index (χ4n) is 4.33. The van der Waals surface area contributed by atoms with Gasteiger partial charge in [-0.2, -0.15) is 0 Å². The summed E-state index contributed by atoms with van der Waals surface area (Å²) in [6, 6.07) is 0.779. The van der Waals surface area contributed by atoms with Crippen LogP contribution in [0, 0.1) is 17.8 Å². The van der Waals surface area contributed by atoms with E-state index in [4.69, 9.17) is 5.73 Å². The van der Waals surface area contributed by atoms with E-state index in [-0.39, 0.29) is 0 Å². The second-order valence-electron chi connectivity index (χ2n) is 7.43. The molecule has 3 aliphatic rings. The van der Waals surface area contributed by atoms with Crippen molar-refractivity contribution >= 4 is 0 Å². The quantitative estimate of drug-likeness (QED) is 0.837. The van der Waals surface area contributed by atoms with Gasteiger partial charge in [0.15, 0.2) is 0 Å². The van der Waals surface area contributed by atoms with Crippen molar-refractivity contribution in [1.82, 2.24) is 9.80 Å². The molecule has 3 unspecified atom stereocenters. The summed E-state index contributed by atoms with van der Waals surface area (Å²) in [6.45, 7) is 9.77. The number of nitrogens with two attached hydrogens (primary N) is 1. The van der Waals surface area contributed by atoms with Gasteiger partial charge in [-0.15, -0.1) is 0 Å². The smallest absolute Gasteiger partial charge is 0.0139 e. The Bertz CT molecular complexity index is 295. The van der Waals surface area contributed by atoms with Crippen LogP contribution in [0.1, 0.15) is 45.4 Å². The van der Waals surface area contributed by atoms with Gasteiger partial charge in [0.05, 0.1) is 0 Å². The molecule has 0 amide bonds. The Morgan fingerprint density at radius 3 is 2.25 bits per heavy atom. The molecule has 2 aliphatic carbocycles. The minimum absolute atomic E-state index is 0.757. The van der Waals surface area contributed by atoms with E-state index in [2.05, 4.69) is 16.7 Å². The van der Waals surface area contributed by atoms with Crippen molar-refractivity contribution in [2.75, 3.05) is 39.3 Å². The Kier molecular flexibility index (Phi) is 5.00.